The van der Waals surface area contributed by atoms with E-state index in [4.69, 9.17) is 4.74 Å². The number of ether oxygens (including phenoxy) is 1. The van der Waals surface area contributed by atoms with Crippen LogP contribution in [0.1, 0.15) is 71.6 Å². The molecule has 7 bridgehead atoms. The zero-order chi connectivity index (χ0) is 31.8. The van der Waals surface area contributed by atoms with Crippen LogP contribution >= 0.6 is 0 Å². The molecule has 0 unspecified atom stereocenters. The third-order valence-electron chi connectivity index (χ3n) is 8.66. The molecule has 3 aromatic rings. The number of hydrogen-bond donors (Lipinski definition) is 3. The van der Waals surface area contributed by atoms with Crippen LogP contribution in [0, 0.1) is 5.92 Å². The van der Waals surface area contributed by atoms with Gasteiger partial charge in [-0.05, 0) is 81.2 Å². The van der Waals surface area contributed by atoms with Crippen molar-refractivity contribution in [3.05, 3.63) is 65.9 Å². The second kappa shape index (κ2) is 12.4. The Morgan fingerprint density at radius 1 is 0.977 bits per heavy atom. The summed E-state index contributed by atoms with van der Waals surface area (Å²) in [5, 5.41) is 8.96. The lowest BCUT2D eigenvalue weighted by Gasteiger charge is -2.35. The van der Waals surface area contributed by atoms with Crippen molar-refractivity contribution in [1.29, 1.82) is 0 Å². The fraction of sp³-hybridized carbons (Fsp3) is 0.441. The van der Waals surface area contributed by atoms with Gasteiger partial charge in [-0.25, -0.2) is 5.43 Å². The number of pyridine rings is 1. The summed E-state index contributed by atoms with van der Waals surface area (Å²) >= 11 is 0. The Kier molecular flexibility index (Phi) is 8.74. The third kappa shape index (κ3) is 6.31. The first kappa shape index (κ1) is 31.1. The molecule has 3 heterocycles. The van der Waals surface area contributed by atoms with Gasteiger partial charge in [-0.1, -0.05) is 44.2 Å². The van der Waals surface area contributed by atoms with Crippen LogP contribution < -0.4 is 16.1 Å². The summed E-state index contributed by atoms with van der Waals surface area (Å²) in [5.41, 5.74) is 5.21. The molecule has 0 radical (unpaired) electrons. The number of carbonyl (C=O) groups excluding carboxylic acids is 4. The molecule has 232 valence electrons. The van der Waals surface area contributed by atoms with Gasteiger partial charge in [-0.15, -0.1) is 0 Å². The monoisotopic (exact) mass is 599 g/mol. The average molecular weight is 600 g/mol. The summed E-state index contributed by atoms with van der Waals surface area (Å²) in [5.74, 6) is -1.84. The van der Waals surface area contributed by atoms with E-state index in [1.54, 1.807) is 13.1 Å². The predicted molar refractivity (Wildman–Crippen MR) is 167 cm³/mol. The number of rotatable bonds is 1. The molecule has 4 atom stereocenters. The molecule has 10 nitrogen and oxygen atoms in total. The van der Waals surface area contributed by atoms with Gasteiger partial charge in [0.05, 0.1) is 11.1 Å². The van der Waals surface area contributed by atoms with E-state index in [1.165, 1.54) is 5.01 Å². The van der Waals surface area contributed by atoms with E-state index in [0.717, 1.165) is 33.2 Å². The first-order valence-corrected chi connectivity index (χ1v) is 15.2. The minimum atomic E-state index is -0.974. The van der Waals surface area contributed by atoms with Crippen molar-refractivity contribution in [2.24, 2.45) is 5.92 Å². The first-order valence-electron chi connectivity index (χ1n) is 15.2. The highest BCUT2D eigenvalue weighted by molar-refractivity contribution is 5.95. The normalized spacial score (nSPS) is 24.8. The Labute approximate surface area is 257 Å². The standard InChI is InChI=1S/C34H41N5O5/c1-19(2)29-30(40)36-20(3)31(41)39-14-8-11-27(38-39)32(42)44-21(4)22-12-13-24-18-35-28(17-25(24)15-22)23-9-7-10-26(16-23)34(5,6)33(43)37-29/h7,9-10,12-13,15-21,27,29,38H,8,11,14H2,1-6H3,(H,36,40)(H,37,43)/t20-,21+,27-,29-/m0/s1. The molecule has 2 aliphatic rings. The van der Waals surface area contributed by atoms with E-state index < -0.39 is 41.5 Å². The van der Waals surface area contributed by atoms with Crippen molar-refractivity contribution in [3.8, 4) is 11.3 Å². The minimum absolute atomic E-state index is 0.241. The molecule has 0 aliphatic carbocycles. The largest absolute Gasteiger partial charge is 0.457 e. The topological polar surface area (TPSA) is 130 Å². The van der Waals surface area contributed by atoms with E-state index in [9.17, 15) is 19.2 Å². The zero-order valence-corrected chi connectivity index (χ0v) is 26.1. The molecule has 0 spiro atoms. The number of carbonyl (C=O) groups is 4. The number of nitrogens with zero attached hydrogens (tertiary/aromatic N) is 2. The molecule has 3 N–H and O–H groups in total. The van der Waals surface area contributed by atoms with Gasteiger partial charge in [0.15, 0.2) is 0 Å². The Bertz CT molecular complexity index is 1600. The Morgan fingerprint density at radius 3 is 2.50 bits per heavy atom. The van der Waals surface area contributed by atoms with Crippen molar-refractivity contribution >= 4 is 34.5 Å². The quantitative estimate of drug-likeness (QED) is 0.362. The van der Waals surface area contributed by atoms with Crippen LogP contribution in [-0.2, 0) is 29.3 Å². The molecule has 1 aromatic heterocycles. The van der Waals surface area contributed by atoms with E-state index in [-0.39, 0.29) is 17.7 Å². The van der Waals surface area contributed by atoms with Gasteiger partial charge in [-0.2, -0.15) is 0 Å². The summed E-state index contributed by atoms with van der Waals surface area (Å²) < 4.78 is 5.86. The van der Waals surface area contributed by atoms with Crippen LogP contribution in [0.3, 0.4) is 0 Å². The highest BCUT2D eigenvalue weighted by Gasteiger charge is 2.37. The van der Waals surface area contributed by atoms with Crippen molar-refractivity contribution in [2.75, 3.05) is 6.54 Å². The maximum absolute atomic E-state index is 13.7. The fourth-order valence-electron chi connectivity index (χ4n) is 5.66. The highest BCUT2D eigenvalue weighted by Crippen LogP contribution is 2.31. The van der Waals surface area contributed by atoms with Crippen molar-refractivity contribution in [2.45, 2.75) is 84.0 Å². The molecule has 44 heavy (non-hydrogen) atoms. The number of hydrogen-bond acceptors (Lipinski definition) is 7. The fourth-order valence-corrected chi connectivity index (χ4v) is 5.66. The Hall–Kier alpha value is -4.31. The molecule has 10 heteroatoms. The Balaban J connectivity index is 1.55. The van der Waals surface area contributed by atoms with Gasteiger partial charge in [0, 0.05) is 23.7 Å². The van der Waals surface area contributed by atoms with Crippen LogP contribution in [0.5, 0.6) is 0 Å². The maximum Gasteiger partial charge on any atom is 0.325 e. The summed E-state index contributed by atoms with van der Waals surface area (Å²) in [7, 11) is 0. The number of nitrogens with one attached hydrogen (secondary N) is 3. The van der Waals surface area contributed by atoms with E-state index >= 15 is 0 Å². The second-order valence-corrected chi connectivity index (χ2v) is 12.7. The zero-order valence-electron chi connectivity index (χ0n) is 26.1. The lowest BCUT2D eigenvalue weighted by molar-refractivity contribution is -0.157. The smallest absolute Gasteiger partial charge is 0.325 e. The van der Waals surface area contributed by atoms with Crippen LogP contribution in [-0.4, -0.2) is 58.4 Å². The molecular weight excluding hydrogens is 558 g/mol. The SMILES string of the molecule is CC(C)[C@@H]1NC(=O)C(C)(C)c2cccc(c2)-c2cc3cc(ccc3cn2)[C@@H](C)OC(=O)[C@@H]2CCCN(N2)C(=O)[C@H](C)NC1=O. The van der Waals surface area contributed by atoms with Crippen LogP contribution in [0.2, 0.25) is 0 Å². The number of benzene rings is 2. The first-order chi connectivity index (χ1) is 20.8. The Morgan fingerprint density at radius 2 is 1.75 bits per heavy atom. The molecule has 1 fully saturated rings. The summed E-state index contributed by atoms with van der Waals surface area (Å²) in [6.07, 6.45) is 2.39. The van der Waals surface area contributed by atoms with Gasteiger partial charge in [0.25, 0.3) is 5.91 Å². The molecule has 5 rings (SSSR count). The number of hydrazine groups is 1. The molecular formula is C34H41N5O5. The third-order valence-corrected chi connectivity index (χ3v) is 8.66. The second-order valence-electron chi connectivity index (χ2n) is 12.7. The van der Waals surface area contributed by atoms with Crippen molar-refractivity contribution in [3.63, 3.8) is 0 Å². The number of aromatic nitrogens is 1. The minimum Gasteiger partial charge on any atom is -0.457 e. The summed E-state index contributed by atoms with van der Waals surface area (Å²) in [4.78, 5) is 58.3. The molecule has 2 aliphatic heterocycles. The summed E-state index contributed by atoms with van der Waals surface area (Å²) in [6, 6.07) is 13.1. The number of fused-ring (bicyclic) bond motifs is 7. The van der Waals surface area contributed by atoms with Gasteiger partial charge in [0.2, 0.25) is 11.8 Å². The van der Waals surface area contributed by atoms with Gasteiger partial charge < -0.3 is 15.4 Å². The summed E-state index contributed by atoms with van der Waals surface area (Å²) in [6.45, 7) is 11.1. The van der Waals surface area contributed by atoms with Crippen LogP contribution in [0.15, 0.2) is 54.7 Å². The van der Waals surface area contributed by atoms with Gasteiger partial charge in [0.1, 0.15) is 24.2 Å². The number of amides is 3. The average Bonchev–Trinajstić information content (AvgIpc) is 3.01. The molecule has 0 saturated carbocycles. The molecule has 2 aromatic carbocycles. The van der Waals surface area contributed by atoms with Crippen LogP contribution in [0.25, 0.3) is 22.0 Å². The lowest BCUT2D eigenvalue weighted by atomic mass is 9.82. The van der Waals surface area contributed by atoms with Crippen LogP contribution in [0.4, 0.5) is 0 Å². The van der Waals surface area contributed by atoms with Gasteiger partial charge in [-0.3, -0.25) is 29.2 Å². The maximum atomic E-state index is 13.7. The number of esters is 1. The highest BCUT2D eigenvalue weighted by atomic mass is 16.5. The van der Waals surface area contributed by atoms with E-state index in [1.807, 2.05) is 83.1 Å². The van der Waals surface area contributed by atoms with Crippen molar-refractivity contribution < 1.29 is 23.9 Å². The predicted octanol–water partition coefficient (Wildman–Crippen LogP) is 3.94. The van der Waals surface area contributed by atoms with Gasteiger partial charge >= 0.3 is 5.97 Å². The lowest BCUT2D eigenvalue weighted by Crippen LogP contribution is -2.61. The molecule has 1 saturated heterocycles. The van der Waals surface area contributed by atoms with Crippen molar-refractivity contribution in [1.82, 2.24) is 26.1 Å². The number of cyclic esters (lactones) is 1. The van der Waals surface area contributed by atoms with E-state index in [2.05, 4.69) is 21.0 Å². The van der Waals surface area contributed by atoms with E-state index in [0.29, 0.717) is 19.4 Å². The molecule has 3 amide bonds.